The van der Waals surface area contributed by atoms with Crippen LogP contribution in [0, 0.1) is 11.8 Å². The van der Waals surface area contributed by atoms with Crippen molar-refractivity contribution in [1.29, 1.82) is 0 Å². The molecule has 3 saturated heterocycles. The Hall–Kier alpha value is -1.64. The van der Waals surface area contributed by atoms with Crippen LogP contribution in [0.5, 0.6) is 0 Å². The number of aliphatic hydroxyl groups is 1. The van der Waals surface area contributed by atoms with Crippen LogP contribution in [0.4, 0.5) is 0 Å². The Balaban J connectivity index is 1.72. The Morgan fingerprint density at radius 2 is 1.52 bits per heavy atom. The summed E-state index contributed by atoms with van der Waals surface area (Å²) < 4.78 is 0. The van der Waals surface area contributed by atoms with Gasteiger partial charge in [-0.3, -0.25) is 0 Å². The van der Waals surface area contributed by atoms with Gasteiger partial charge in [-0.25, -0.2) is 0 Å². The molecule has 3 heterocycles. The summed E-state index contributed by atoms with van der Waals surface area (Å²) in [5.41, 5.74) is 1.52. The van der Waals surface area contributed by atoms with E-state index >= 15 is 0 Å². The van der Waals surface area contributed by atoms with E-state index in [0.29, 0.717) is 18.3 Å². The normalized spacial score (nSPS) is 29.2. The molecule has 2 nitrogen and oxygen atoms in total. The van der Waals surface area contributed by atoms with Crippen molar-refractivity contribution in [3.8, 4) is 0 Å². The van der Waals surface area contributed by atoms with Crippen molar-refractivity contribution in [2.45, 2.75) is 24.9 Å². The molecule has 23 heavy (non-hydrogen) atoms. The van der Waals surface area contributed by atoms with Crippen molar-refractivity contribution in [3.63, 3.8) is 0 Å². The first-order chi connectivity index (χ1) is 11.3. The Kier molecular flexibility index (Phi) is 3.96. The SMILES string of the molecule is O[C@@](Cc1ccccc1)(c1ccccc1)[C@@H]1CN2CCC1CC2. The molecule has 0 radical (unpaired) electrons. The molecule has 3 fully saturated rings. The van der Waals surface area contributed by atoms with Gasteiger partial charge in [-0.1, -0.05) is 60.7 Å². The third-order valence-corrected chi connectivity index (χ3v) is 5.86. The van der Waals surface area contributed by atoms with Gasteiger partial charge in [0.2, 0.25) is 0 Å². The van der Waals surface area contributed by atoms with Crippen LogP contribution in [0.3, 0.4) is 0 Å². The third-order valence-electron chi connectivity index (χ3n) is 5.86. The predicted octanol–water partition coefficient (Wildman–Crippen LogP) is 3.46. The van der Waals surface area contributed by atoms with E-state index in [-0.39, 0.29) is 0 Å². The van der Waals surface area contributed by atoms with Gasteiger partial charge in [-0.05, 0) is 43.0 Å². The van der Waals surface area contributed by atoms with Crippen LogP contribution >= 0.6 is 0 Å². The van der Waals surface area contributed by atoms with Gasteiger partial charge in [0, 0.05) is 18.9 Å². The molecule has 2 bridgehead atoms. The zero-order chi connectivity index (χ0) is 15.7. The first kappa shape index (κ1) is 14.9. The van der Waals surface area contributed by atoms with Crippen LogP contribution in [-0.4, -0.2) is 29.6 Å². The van der Waals surface area contributed by atoms with E-state index in [2.05, 4.69) is 41.3 Å². The van der Waals surface area contributed by atoms with Crippen molar-refractivity contribution < 1.29 is 5.11 Å². The van der Waals surface area contributed by atoms with Crippen LogP contribution in [0.25, 0.3) is 0 Å². The molecule has 0 unspecified atom stereocenters. The lowest BCUT2D eigenvalue weighted by Crippen LogP contribution is -2.55. The molecule has 0 spiro atoms. The first-order valence-electron chi connectivity index (χ1n) is 8.80. The van der Waals surface area contributed by atoms with Gasteiger partial charge >= 0.3 is 0 Å². The molecule has 2 aromatic carbocycles. The monoisotopic (exact) mass is 307 g/mol. The molecule has 120 valence electrons. The topological polar surface area (TPSA) is 23.5 Å². The maximum Gasteiger partial charge on any atom is 0.0979 e. The van der Waals surface area contributed by atoms with E-state index in [1.807, 2.05) is 24.3 Å². The largest absolute Gasteiger partial charge is 0.384 e. The zero-order valence-electron chi connectivity index (χ0n) is 13.6. The summed E-state index contributed by atoms with van der Waals surface area (Å²) in [4.78, 5) is 2.53. The second-order valence-corrected chi connectivity index (χ2v) is 7.20. The summed E-state index contributed by atoms with van der Waals surface area (Å²) in [5, 5.41) is 11.9. The molecule has 2 atom stereocenters. The number of benzene rings is 2. The zero-order valence-corrected chi connectivity index (χ0v) is 13.6. The summed E-state index contributed by atoms with van der Waals surface area (Å²) >= 11 is 0. The molecule has 0 aromatic heterocycles. The highest BCUT2D eigenvalue weighted by Crippen LogP contribution is 2.45. The number of hydrogen-bond acceptors (Lipinski definition) is 2. The lowest BCUT2D eigenvalue weighted by Gasteiger charge is -2.51. The number of nitrogens with zero attached hydrogens (tertiary/aromatic N) is 1. The van der Waals surface area contributed by atoms with Crippen LogP contribution < -0.4 is 0 Å². The maximum atomic E-state index is 11.9. The minimum absolute atomic E-state index is 0.326. The number of piperidine rings is 3. The van der Waals surface area contributed by atoms with Gasteiger partial charge in [0.25, 0.3) is 0 Å². The smallest absolute Gasteiger partial charge is 0.0979 e. The molecule has 0 aliphatic carbocycles. The summed E-state index contributed by atoms with van der Waals surface area (Å²) in [6.07, 6.45) is 3.16. The van der Waals surface area contributed by atoms with Crippen LogP contribution in [0.2, 0.25) is 0 Å². The highest BCUT2D eigenvalue weighted by Gasteiger charge is 2.47. The van der Waals surface area contributed by atoms with Gasteiger partial charge in [0.1, 0.15) is 0 Å². The van der Waals surface area contributed by atoms with Gasteiger partial charge in [-0.15, -0.1) is 0 Å². The summed E-state index contributed by atoms with van der Waals surface area (Å²) in [6.45, 7) is 3.44. The van der Waals surface area contributed by atoms with E-state index in [9.17, 15) is 5.11 Å². The van der Waals surface area contributed by atoms with Gasteiger partial charge in [-0.2, -0.15) is 0 Å². The average molecular weight is 307 g/mol. The van der Waals surface area contributed by atoms with Crippen molar-refractivity contribution in [3.05, 3.63) is 71.8 Å². The molecular weight excluding hydrogens is 282 g/mol. The van der Waals surface area contributed by atoms with Crippen molar-refractivity contribution in [2.24, 2.45) is 11.8 Å². The van der Waals surface area contributed by atoms with Gasteiger partial charge in [0.05, 0.1) is 5.60 Å². The maximum absolute atomic E-state index is 11.9. The van der Waals surface area contributed by atoms with E-state index < -0.39 is 5.60 Å². The summed E-state index contributed by atoms with van der Waals surface area (Å²) in [7, 11) is 0. The second kappa shape index (κ2) is 6.10. The van der Waals surface area contributed by atoms with Crippen molar-refractivity contribution in [2.75, 3.05) is 19.6 Å². The minimum atomic E-state index is -0.771. The number of fused-ring (bicyclic) bond motifs is 3. The molecule has 0 amide bonds. The molecule has 3 aliphatic heterocycles. The van der Waals surface area contributed by atoms with Crippen molar-refractivity contribution in [1.82, 2.24) is 4.90 Å². The Morgan fingerprint density at radius 3 is 2.09 bits per heavy atom. The lowest BCUT2D eigenvalue weighted by molar-refractivity contribution is -0.101. The molecule has 0 saturated carbocycles. The Morgan fingerprint density at radius 1 is 0.913 bits per heavy atom. The standard InChI is InChI=1S/C21H25NO/c23-21(19-9-5-2-6-10-19,15-17-7-3-1-4-8-17)20-16-22-13-11-18(20)12-14-22/h1-10,18,20,23H,11-16H2/t20-,21+/m1/s1. The van der Waals surface area contributed by atoms with Crippen molar-refractivity contribution >= 4 is 0 Å². The summed E-state index contributed by atoms with van der Waals surface area (Å²) in [6, 6.07) is 20.8. The highest BCUT2D eigenvalue weighted by atomic mass is 16.3. The number of rotatable bonds is 4. The Bertz CT molecular complexity index is 633. The molecule has 2 heteroatoms. The van der Waals surface area contributed by atoms with Crippen LogP contribution in [-0.2, 0) is 12.0 Å². The average Bonchev–Trinajstić information content (AvgIpc) is 2.64. The molecule has 1 N–H and O–H groups in total. The second-order valence-electron chi connectivity index (χ2n) is 7.20. The fourth-order valence-electron chi connectivity index (χ4n) is 4.59. The molecule has 5 rings (SSSR count). The van der Waals surface area contributed by atoms with E-state index in [1.165, 1.54) is 31.5 Å². The molecule has 3 aliphatic rings. The molecular formula is C21H25NO. The van der Waals surface area contributed by atoms with E-state index in [1.54, 1.807) is 0 Å². The molecule has 2 aromatic rings. The highest BCUT2D eigenvalue weighted by molar-refractivity contribution is 5.29. The predicted molar refractivity (Wildman–Crippen MR) is 93.1 cm³/mol. The summed E-state index contributed by atoms with van der Waals surface area (Å²) in [5.74, 6) is 0.974. The van der Waals surface area contributed by atoms with E-state index in [0.717, 1.165) is 12.1 Å². The minimum Gasteiger partial charge on any atom is -0.384 e. The Labute approximate surface area is 138 Å². The number of hydrogen-bond donors (Lipinski definition) is 1. The van der Waals surface area contributed by atoms with Crippen LogP contribution in [0.1, 0.15) is 24.0 Å². The first-order valence-corrected chi connectivity index (χ1v) is 8.80. The van der Waals surface area contributed by atoms with E-state index in [4.69, 9.17) is 0 Å². The van der Waals surface area contributed by atoms with Crippen LogP contribution in [0.15, 0.2) is 60.7 Å². The quantitative estimate of drug-likeness (QED) is 0.935. The fraction of sp³-hybridized carbons (Fsp3) is 0.429. The van der Waals surface area contributed by atoms with Gasteiger partial charge in [0.15, 0.2) is 0 Å². The lowest BCUT2D eigenvalue weighted by atomic mass is 9.66. The van der Waals surface area contributed by atoms with Gasteiger partial charge < -0.3 is 10.0 Å². The fourth-order valence-corrected chi connectivity index (χ4v) is 4.59. The third kappa shape index (κ3) is 2.82.